The number of hydrogen-bond acceptors (Lipinski definition) is 7. The molecular weight excluding hydrogens is 410 g/mol. The van der Waals surface area contributed by atoms with Crippen molar-refractivity contribution < 1.29 is 19.4 Å². The predicted molar refractivity (Wildman–Crippen MR) is 121 cm³/mol. The number of anilines is 1. The van der Waals surface area contributed by atoms with Crippen molar-refractivity contribution in [3.8, 4) is 5.75 Å². The molecule has 3 heterocycles. The van der Waals surface area contributed by atoms with Gasteiger partial charge >= 0.3 is 0 Å². The third-order valence-electron chi connectivity index (χ3n) is 5.89. The van der Waals surface area contributed by atoms with Crippen LogP contribution >= 0.6 is 0 Å². The van der Waals surface area contributed by atoms with E-state index in [4.69, 9.17) is 14.6 Å². The first-order chi connectivity index (χ1) is 15.6. The maximum absolute atomic E-state index is 13.2. The highest BCUT2D eigenvalue weighted by Crippen LogP contribution is 2.37. The van der Waals surface area contributed by atoms with Crippen LogP contribution in [0, 0.1) is 5.41 Å². The number of benzene rings is 1. The Hall–Kier alpha value is -3.20. The lowest BCUT2D eigenvalue weighted by Gasteiger charge is -2.49. The molecule has 0 aliphatic carbocycles. The van der Waals surface area contributed by atoms with Gasteiger partial charge in [-0.3, -0.25) is 9.59 Å². The molecular formula is C23H31N5O4. The Labute approximate surface area is 188 Å². The second-order valence-corrected chi connectivity index (χ2v) is 8.12. The van der Waals surface area contributed by atoms with Crippen molar-refractivity contribution in [1.29, 1.82) is 0 Å². The van der Waals surface area contributed by atoms with Crippen molar-refractivity contribution in [1.82, 2.24) is 20.2 Å². The molecule has 0 unspecified atom stereocenters. The molecule has 0 atom stereocenters. The summed E-state index contributed by atoms with van der Waals surface area (Å²) in [5.74, 6) is 1.61. The third-order valence-corrected chi connectivity index (χ3v) is 5.89. The summed E-state index contributed by atoms with van der Waals surface area (Å²) >= 11 is 0. The van der Waals surface area contributed by atoms with Crippen molar-refractivity contribution in [2.45, 2.75) is 19.3 Å². The highest BCUT2D eigenvalue weighted by molar-refractivity contribution is 5.86. The molecule has 4 rings (SSSR count). The van der Waals surface area contributed by atoms with Gasteiger partial charge in [0.1, 0.15) is 5.75 Å². The summed E-state index contributed by atoms with van der Waals surface area (Å²) in [7, 11) is 1.66. The molecule has 0 spiro atoms. The molecule has 9 nitrogen and oxygen atoms in total. The SMILES string of the molecule is COc1cccc(CC2(C(=O)NCCN3CCCC3)CN(c3ncccn3)C2)c1.O=CO. The average molecular weight is 442 g/mol. The smallest absolute Gasteiger partial charge is 0.290 e. The van der Waals surface area contributed by atoms with Crippen molar-refractivity contribution >= 4 is 18.3 Å². The quantitative estimate of drug-likeness (QED) is 0.593. The van der Waals surface area contributed by atoms with Crippen LogP contribution in [0.2, 0.25) is 0 Å². The molecule has 2 aliphatic heterocycles. The Balaban J connectivity index is 0.000000913. The summed E-state index contributed by atoms with van der Waals surface area (Å²) < 4.78 is 5.36. The van der Waals surface area contributed by atoms with Gasteiger partial charge in [-0.2, -0.15) is 0 Å². The molecule has 1 aromatic heterocycles. The first-order valence-corrected chi connectivity index (χ1v) is 10.8. The highest BCUT2D eigenvalue weighted by atomic mass is 16.5. The van der Waals surface area contributed by atoms with Crippen molar-refractivity contribution in [3.63, 3.8) is 0 Å². The van der Waals surface area contributed by atoms with E-state index in [0.717, 1.165) is 30.9 Å². The number of carbonyl (C=O) groups excluding carboxylic acids is 1. The fraction of sp³-hybridized carbons (Fsp3) is 0.478. The zero-order valence-electron chi connectivity index (χ0n) is 18.4. The van der Waals surface area contributed by atoms with E-state index in [1.165, 1.54) is 12.8 Å². The topological polar surface area (TPSA) is 108 Å². The number of aromatic nitrogens is 2. The summed E-state index contributed by atoms with van der Waals surface area (Å²) in [6.07, 6.45) is 6.67. The van der Waals surface area contributed by atoms with Gasteiger partial charge in [0, 0.05) is 38.6 Å². The lowest BCUT2D eigenvalue weighted by molar-refractivity contribution is -0.132. The number of ether oxygens (including phenoxy) is 1. The lowest BCUT2D eigenvalue weighted by Crippen LogP contribution is -2.65. The van der Waals surface area contributed by atoms with Crippen molar-refractivity contribution in [3.05, 3.63) is 48.3 Å². The standard InChI is InChI=1S/C22H29N5O2.CH2O2/c1-29-19-7-4-6-18(14-19)15-22(16-27(17-22)21-24-8-5-9-25-21)20(28)23-10-13-26-11-2-3-12-26;2-1-3/h4-9,14H,2-3,10-13,15-17H2,1H3,(H,23,28);1H,(H,2,3). The van der Waals surface area contributed by atoms with Crippen molar-refractivity contribution in [2.24, 2.45) is 5.41 Å². The minimum atomic E-state index is -0.476. The van der Waals surface area contributed by atoms with Gasteiger partial charge in [-0.15, -0.1) is 0 Å². The zero-order chi connectivity index (χ0) is 22.8. The minimum Gasteiger partial charge on any atom is -0.497 e. The zero-order valence-corrected chi connectivity index (χ0v) is 18.4. The molecule has 2 aliphatic rings. The average Bonchev–Trinajstić information content (AvgIpc) is 3.31. The highest BCUT2D eigenvalue weighted by Gasteiger charge is 2.50. The minimum absolute atomic E-state index is 0.117. The second-order valence-electron chi connectivity index (χ2n) is 8.12. The number of carboxylic acid groups (broad SMARTS) is 1. The van der Waals surface area contributed by atoms with E-state index in [1.54, 1.807) is 25.6 Å². The van der Waals surface area contributed by atoms with Gasteiger partial charge in [0.05, 0.1) is 12.5 Å². The van der Waals surface area contributed by atoms with Crippen molar-refractivity contribution in [2.75, 3.05) is 51.3 Å². The summed E-state index contributed by atoms with van der Waals surface area (Å²) in [6.45, 7) is 4.88. The second kappa shape index (κ2) is 11.4. The molecule has 32 heavy (non-hydrogen) atoms. The molecule has 0 saturated carbocycles. The fourth-order valence-corrected chi connectivity index (χ4v) is 4.31. The normalized spacial score (nSPS) is 17.0. The molecule has 9 heteroatoms. The molecule has 1 amide bonds. The van der Waals surface area contributed by atoms with E-state index in [-0.39, 0.29) is 12.4 Å². The van der Waals surface area contributed by atoms with Crippen LogP contribution in [-0.4, -0.2) is 78.7 Å². The summed E-state index contributed by atoms with van der Waals surface area (Å²) in [5, 5.41) is 10.1. The Morgan fingerprint density at radius 3 is 2.56 bits per heavy atom. The van der Waals surface area contributed by atoms with Gasteiger partial charge in [-0.25, -0.2) is 9.97 Å². The number of methoxy groups -OCH3 is 1. The largest absolute Gasteiger partial charge is 0.497 e. The first kappa shape index (κ1) is 23.5. The number of rotatable bonds is 8. The Morgan fingerprint density at radius 1 is 1.22 bits per heavy atom. The molecule has 2 fully saturated rings. The Kier molecular flexibility index (Phi) is 8.38. The van der Waals surface area contributed by atoms with Gasteiger partial charge in [0.25, 0.3) is 6.47 Å². The number of nitrogens with zero attached hydrogens (tertiary/aromatic N) is 4. The monoisotopic (exact) mass is 441 g/mol. The molecule has 0 radical (unpaired) electrons. The van der Waals surface area contributed by atoms with E-state index in [2.05, 4.69) is 31.2 Å². The maximum Gasteiger partial charge on any atom is 0.290 e. The van der Waals surface area contributed by atoms with Crippen LogP contribution in [-0.2, 0) is 16.0 Å². The molecule has 2 saturated heterocycles. The molecule has 2 aromatic rings. The summed E-state index contributed by atoms with van der Waals surface area (Å²) in [5.41, 5.74) is 0.629. The number of amides is 1. The van der Waals surface area contributed by atoms with Crippen LogP contribution in [0.25, 0.3) is 0 Å². The molecule has 0 bridgehead atoms. The van der Waals surface area contributed by atoms with E-state index < -0.39 is 5.41 Å². The molecule has 172 valence electrons. The first-order valence-electron chi connectivity index (χ1n) is 10.8. The summed E-state index contributed by atoms with van der Waals surface area (Å²) in [4.78, 5) is 34.7. The van der Waals surface area contributed by atoms with Crippen LogP contribution in [0.1, 0.15) is 18.4 Å². The maximum atomic E-state index is 13.2. The van der Waals surface area contributed by atoms with E-state index in [0.29, 0.717) is 32.0 Å². The van der Waals surface area contributed by atoms with Gasteiger partial charge in [0.15, 0.2) is 0 Å². The van der Waals surface area contributed by atoms with Gasteiger partial charge < -0.3 is 25.0 Å². The fourth-order valence-electron chi connectivity index (χ4n) is 4.31. The van der Waals surface area contributed by atoms with Crippen LogP contribution < -0.4 is 15.0 Å². The molecule has 2 N–H and O–H groups in total. The van der Waals surface area contributed by atoms with Crippen LogP contribution in [0.4, 0.5) is 5.95 Å². The van der Waals surface area contributed by atoms with Crippen LogP contribution in [0.5, 0.6) is 5.75 Å². The van der Waals surface area contributed by atoms with Crippen LogP contribution in [0.3, 0.4) is 0 Å². The van der Waals surface area contributed by atoms with Gasteiger partial charge in [-0.05, 0) is 56.1 Å². The van der Waals surface area contributed by atoms with E-state index >= 15 is 0 Å². The van der Waals surface area contributed by atoms with E-state index in [9.17, 15) is 4.79 Å². The predicted octanol–water partition coefficient (Wildman–Crippen LogP) is 1.45. The van der Waals surface area contributed by atoms with Gasteiger partial charge in [-0.1, -0.05) is 12.1 Å². The lowest BCUT2D eigenvalue weighted by atomic mass is 9.74. The van der Waals surface area contributed by atoms with Crippen LogP contribution in [0.15, 0.2) is 42.7 Å². The number of likely N-dealkylation sites (tertiary alicyclic amines) is 1. The molecule has 1 aromatic carbocycles. The van der Waals surface area contributed by atoms with Gasteiger partial charge in [0.2, 0.25) is 11.9 Å². The summed E-state index contributed by atoms with van der Waals surface area (Å²) in [6, 6.07) is 9.78. The van der Waals surface area contributed by atoms with E-state index in [1.807, 2.05) is 18.2 Å². The Bertz CT molecular complexity index is 868. The number of hydrogen-bond donors (Lipinski definition) is 2. The number of carbonyl (C=O) groups is 2. The Morgan fingerprint density at radius 2 is 1.91 bits per heavy atom. The number of nitrogens with one attached hydrogen (secondary N) is 1. The third kappa shape index (κ3) is 5.94.